The number of ether oxygens (including phenoxy) is 1. The van der Waals surface area contributed by atoms with Crippen LogP contribution in [-0.2, 0) is 9.53 Å². The lowest BCUT2D eigenvalue weighted by molar-refractivity contribution is -0.138. The maximum atomic E-state index is 11.3. The van der Waals surface area contributed by atoms with Gasteiger partial charge in [0.05, 0.1) is 6.61 Å². The lowest BCUT2D eigenvalue weighted by Gasteiger charge is -2.05. The van der Waals surface area contributed by atoms with Crippen LogP contribution in [0.4, 0.5) is 5.69 Å². The van der Waals surface area contributed by atoms with Gasteiger partial charge in [0.25, 0.3) is 0 Å². The third kappa shape index (κ3) is 3.65. The zero-order valence-corrected chi connectivity index (χ0v) is 9.86. The number of carbonyl (C=O) groups excluding carboxylic acids is 1. The molecule has 4 nitrogen and oxygen atoms in total. The van der Waals surface area contributed by atoms with Crippen LogP contribution in [0.2, 0.25) is 0 Å². The molecule has 0 aliphatic heterocycles. The van der Waals surface area contributed by atoms with Gasteiger partial charge >= 0.3 is 5.97 Å². The van der Waals surface area contributed by atoms with E-state index in [4.69, 9.17) is 10.00 Å². The maximum absolute atomic E-state index is 11.3. The number of carbonyl (C=O) groups is 1. The van der Waals surface area contributed by atoms with Crippen molar-refractivity contribution in [3.63, 3.8) is 0 Å². The maximum Gasteiger partial charge on any atom is 0.350 e. The van der Waals surface area contributed by atoms with Crippen molar-refractivity contribution in [2.24, 2.45) is 0 Å². The first-order valence-electron chi connectivity index (χ1n) is 5.28. The molecule has 17 heavy (non-hydrogen) atoms. The Morgan fingerprint density at radius 2 is 2.24 bits per heavy atom. The number of hydrogen-bond acceptors (Lipinski definition) is 4. The summed E-state index contributed by atoms with van der Waals surface area (Å²) in [7, 11) is 0. The summed E-state index contributed by atoms with van der Waals surface area (Å²) in [5.74, 6) is -0.615. The molecule has 0 amide bonds. The Labute approximate surface area is 101 Å². The molecule has 1 aromatic rings. The normalized spacial score (nSPS) is 10.5. The monoisotopic (exact) mass is 230 g/mol. The van der Waals surface area contributed by atoms with Crippen molar-refractivity contribution in [1.29, 1.82) is 5.26 Å². The summed E-state index contributed by atoms with van der Waals surface area (Å²) in [6.45, 7) is 3.89. The second-order valence-electron chi connectivity index (χ2n) is 3.35. The summed E-state index contributed by atoms with van der Waals surface area (Å²) in [6.07, 6.45) is 1.36. The minimum atomic E-state index is -0.615. The molecule has 0 bridgehead atoms. The molecule has 88 valence electrons. The van der Waals surface area contributed by atoms with Gasteiger partial charge in [0, 0.05) is 11.9 Å². The zero-order chi connectivity index (χ0) is 12.7. The Bertz CT molecular complexity index is 473. The molecular formula is C13H14N2O2. The van der Waals surface area contributed by atoms with E-state index in [0.717, 1.165) is 11.3 Å². The molecule has 0 aliphatic rings. The Balaban J connectivity index is 2.79. The van der Waals surface area contributed by atoms with E-state index in [-0.39, 0.29) is 12.2 Å². The zero-order valence-electron chi connectivity index (χ0n) is 9.86. The number of para-hydroxylation sites is 1. The molecule has 1 N–H and O–H groups in total. The highest BCUT2D eigenvalue weighted by Gasteiger charge is 2.09. The molecule has 0 heterocycles. The van der Waals surface area contributed by atoms with Crippen LogP contribution >= 0.6 is 0 Å². The van der Waals surface area contributed by atoms with Crippen molar-refractivity contribution >= 4 is 11.7 Å². The SMILES string of the molecule is CCOC(=O)/C(C#N)=C/Nc1ccccc1C. The minimum Gasteiger partial charge on any atom is -0.462 e. The molecule has 0 aromatic heterocycles. The van der Waals surface area contributed by atoms with Crippen molar-refractivity contribution in [1.82, 2.24) is 0 Å². The fourth-order valence-corrected chi connectivity index (χ4v) is 1.23. The van der Waals surface area contributed by atoms with Gasteiger partial charge in [-0.05, 0) is 25.5 Å². The third-order valence-electron chi connectivity index (χ3n) is 2.13. The van der Waals surface area contributed by atoms with E-state index < -0.39 is 5.97 Å². The summed E-state index contributed by atoms with van der Waals surface area (Å²) in [4.78, 5) is 11.3. The molecule has 0 radical (unpaired) electrons. The molecule has 4 heteroatoms. The molecule has 0 aliphatic carbocycles. The van der Waals surface area contributed by atoms with Gasteiger partial charge in [-0.3, -0.25) is 0 Å². The van der Waals surface area contributed by atoms with Crippen LogP contribution in [0.1, 0.15) is 12.5 Å². The predicted octanol–water partition coefficient (Wildman–Crippen LogP) is 2.38. The van der Waals surface area contributed by atoms with Crippen LogP contribution in [-0.4, -0.2) is 12.6 Å². The van der Waals surface area contributed by atoms with Gasteiger partial charge in [-0.25, -0.2) is 4.79 Å². The van der Waals surface area contributed by atoms with Gasteiger partial charge < -0.3 is 10.1 Å². The second kappa shape index (κ2) is 6.33. The molecule has 0 spiro atoms. The topological polar surface area (TPSA) is 62.1 Å². The van der Waals surface area contributed by atoms with Gasteiger partial charge in [-0.15, -0.1) is 0 Å². The summed E-state index contributed by atoms with van der Waals surface area (Å²) < 4.78 is 4.74. The quantitative estimate of drug-likeness (QED) is 0.490. The standard InChI is InChI=1S/C13H14N2O2/c1-3-17-13(16)11(8-14)9-15-12-7-5-4-6-10(12)2/h4-7,9,15H,3H2,1-2H3/b11-9+. The van der Waals surface area contributed by atoms with Crippen molar-refractivity contribution in [2.45, 2.75) is 13.8 Å². The average molecular weight is 230 g/mol. The largest absolute Gasteiger partial charge is 0.462 e. The number of aryl methyl sites for hydroxylation is 1. The van der Waals surface area contributed by atoms with Gasteiger partial charge in [0.2, 0.25) is 0 Å². The number of nitrogens with zero attached hydrogens (tertiary/aromatic N) is 1. The van der Waals surface area contributed by atoms with E-state index in [2.05, 4.69) is 5.32 Å². The number of nitriles is 1. The predicted molar refractivity (Wildman–Crippen MR) is 65.1 cm³/mol. The molecule has 0 saturated heterocycles. The van der Waals surface area contributed by atoms with E-state index in [1.165, 1.54) is 6.20 Å². The first-order chi connectivity index (χ1) is 8.19. The number of rotatable bonds is 4. The van der Waals surface area contributed by atoms with Crippen LogP contribution in [0, 0.1) is 18.3 Å². The van der Waals surface area contributed by atoms with Crippen LogP contribution < -0.4 is 5.32 Å². The molecule has 1 rings (SSSR count). The molecule has 0 saturated carbocycles. The highest BCUT2D eigenvalue weighted by molar-refractivity contribution is 5.93. The lowest BCUT2D eigenvalue weighted by Crippen LogP contribution is -2.08. The summed E-state index contributed by atoms with van der Waals surface area (Å²) in [5, 5.41) is 11.7. The summed E-state index contributed by atoms with van der Waals surface area (Å²) >= 11 is 0. The molecule has 1 aromatic carbocycles. The summed E-state index contributed by atoms with van der Waals surface area (Å²) in [5.41, 5.74) is 1.84. The van der Waals surface area contributed by atoms with E-state index in [1.54, 1.807) is 13.0 Å². The summed E-state index contributed by atoms with van der Waals surface area (Å²) in [6, 6.07) is 9.40. The van der Waals surface area contributed by atoms with Crippen LogP contribution in [0.25, 0.3) is 0 Å². The van der Waals surface area contributed by atoms with Gasteiger partial charge in [-0.2, -0.15) is 5.26 Å². The highest BCUT2D eigenvalue weighted by Crippen LogP contribution is 2.13. The van der Waals surface area contributed by atoms with Crippen molar-refractivity contribution < 1.29 is 9.53 Å². The number of hydrogen-bond donors (Lipinski definition) is 1. The van der Waals surface area contributed by atoms with E-state index in [9.17, 15) is 4.79 Å². The number of benzene rings is 1. The third-order valence-corrected chi connectivity index (χ3v) is 2.13. The van der Waals surface area contributed by atoms with Gasteiger partial charge in [0.1, 0.15) is 6.07 Å². The molecule has 0 fully saturated rings. The van der Waals surface area contributed by atoms with Gasteiger partial charge in [-0.1, -0.05) is 18.2 Å². The lowest BCUT2D eigenvalue weighted by atomic mass is 10.2. The fourth-order valence-electron chi connectivity index (χ4n) is 1.23. The Kier molecular flexibility index (Phi) is 4.77. The van der Waals surface area contributed by atoms with Crippen LogP contribution in [0.5, 0.6) is 0 Å². The molecule has 0 unspecified atom stereocenters. The van der Waals surface area contributed by atoms with E-state index in [0.29, 0.717) is 0 Å². The Morgan fingerprint density at radius 3 is 2.82 bits per heavy atom. The number of esters is 1. The van der Waals surface area contributed by atoms with E-state index >= 15 is 0 Å². The fraction of sp³-hybridized carbons (Fsp3) is 0.231. The number of nitrogens with one attached hydrogen (secondary N) is 1. The van der Waals surface area contributed by atoms with E-state index in [1.807, 2.05) is 31.2 Å². The van der Waals surface area contributed by atoms with Gasteiger partial charge in [0.15, 0.2) is 5.57 Å². The minimum absolute atomic E-state index is 0.0462. The second-order valence-corrected chi connectivity index (χ2v) is 3.35. The Morgan fingerprint density at radius 1 is 1.53 bits per heavy atom. The number of anilines is 1. The van der Waals surface area contributed by atoms with Crippen LogP contribution in [0.3, 0.4) is 0 Å². The highest BCUT2D eigenvalue weighted by atomic mass is 16.5. The van der Waals surface area contributed by atoms with Crippen molar-refractivity contribution in [2.75, 3.05) is 11.9 Å². The first-order valence-corrected chi connectivity index (χ1v) is 5.28. The average Bonchev–Trinajstić information content (AvgIpc) is 2.32. The smallest absolute Gasteiger partial charge is 0.350 e. The molecular weight excluding hydrogens is 216 g/mol. The Hall–Kier alpha value is -2.28. The van der Waals surface area contributed by atoms with Crippen LogP contribution in [0.15, 0.2) is 36.0 Å². The van der Waals surface area contributed by atoms with Crippen molar-refractivity contribution in [3.8, 4) is 6.07 Å². The first kappa shape index (κ1) is 12.8. The molecule has 0 atom stereocenters. The van der Waals surface area contributed by atoms with Crippen molar-refractivity contribution in [3.05, 3.63) is 41.6 Å².